The second-order valence-corrected chi connectivity index (χ2v) is 10.0. The van der Waals surface area contributed by atoms with E-state index in [2.05, 4.69) is 0 Å². The fourth-order valence-corrected chi connectivity index (χ4v) is 6.51. The van der Waals surface area contributed by atoms with Gasteiger partial charge >= 0.3 is 5.97 Å². The maximum Gasteiger partial charge on any atom is 0.343 e. The molecule has 3 aromatic rings. The van der Waals surface area contributed by atoms with Gasteiger partial charge in [0.05, 0.1) is 29.0 Å². The lowest BCUT2D eigenvalue weighted by Crippen LogP contribution is -2.44. The molecule has 36 heavy (non-hydrogen) atoms. The van der Waals surface area contributed by atoms with E-state index in [1.807, 2.05) is 6.07 Å². The number of rotatable bonds is 4. The molecule has 9 heteroatoms. The second kappa shape index (κ2) is 7.54. The number of pyridine rings is 2. The van der Waals surface area contributed by atoms with Gasteiger partial charge in [-0.2, -0.15) is 0 Å². The fourth-order valence-electron chi connectivity index (χ4n) is 6.51. The van der Waals surface area contributed by atoms with E-state index in [0.717, 1.165) is 52.6 Å². The molecule has 3 aliphatic heterocycles. The third-order valence-corrected chi connectivity index (χ3v) is 8.32. The highest BCUT2D eigenvalue weighted by molar-refractivity contribution is 5.95. The molecule has 2 atom stereocenters. The zero-order valence-corrected chi connectivity index (χ0v) is 19.9. The van der Waals surface area contributed by atoms with Gasteiger partial charge < -0.3 is 29.0 Å². The molecule has 0 saturated carbocycles. The number of carbonyl (C=O) groups excluding carboxylic acids is 1. The van der Waals surface area contributed by atoms with Crippen LogP contribution in [0.1, 0.15) is 66.3 Å². The summed E-state index contributed by atoms with van der Waals surface area (Å²) in [6, 6.07) is 3.65. The Morgan fingerprint density at radius 3 is 2.83 bits per heavy atom. The largest absolute Gasteiger partial charge is 0.458 e. The molecule has 1 unspecified atom stereocenters. The van der Waals surface area contributed by atoms with Crippen molar-refractivity contribution in [3.63, 3.8) is 0 Å². The third-order valence-electron chi connectivity index (χ3n) is 8.32. The summed E-state index contributed by atoms with van der Waals surface area (Å²) in [6.45, 7) is 2.20. The molecule has 0 radical (unpaired) electrons. The Balaban J connectivity index is 1.52. The molecule has 4 aliphatic rings. The number of cyclic esters (lactones) is 1. The van der Waals surface area contributed by atoms with Gasteiger partial charge in [0.1, 0.15) is 6.61 Å². The van der Waals surface area contributed by atoms with E-state index in [0.29, 0.717) is 41.2 Å². The Hall–Kier alpha value is -3.43. The van der Waals surface area contributed by atoms with Crippen LogP contribution >= 0.6 is 0 Å². The third kappa shape index (κ3) is 2.70. The maximum atomic E-state index is 13.6. The first-order valence-corrected chi connectivity index (χ1v) is 12.5. The van der Waals surface area contributed by atoms with Crippen LogP contribution in [-0.4, -0.2) is 39.1 Å². The first kappa shape index (κ1) is 21.8. The quantitative estimate of drug-likeness (QED) is 0.419. The topological polar surface area (TPSA) is 120 Å². The molecule has 1 aliphatic carbocycles. The molecule has 0 saturated heterocycles. The number of esters is 1. The minimum atomic E-state index is -1.86. The standard InChI is InChI=1S/C27H26N2O7/c1-2-27(33)17-8-19-23-15(10-29(19)25(31)16(17)11-34-26(27)32)21-13(4-3-7-30)5-6-14-22(21)18(28-23)9-20-24(14)36-12-35-20/h8-9,13,30,33H,2-7,10-12H2,1H3/t13?,27-/m0/s1. The summed E-state index contributed by atoms with van der Waals surface area (Å²) in [5, 5.41) is 21.8. The van der Waals surface area contributed by atoms with Crippen LogP contribution < -0.4 is 15.0 Å². The molecule has 0 spiro atoms. The van der Waals surface area contributed by atoms with Gasteiger partial charge in [0.25, 0.3) is 5.56 Å². The van der Waals surface area contributed by atoms with Gasteiger partial charge in [-0.1, -0.05) is 6.92 Å². The Morgan fingerprint density at radius 1 is 1.17 bits per heavy atom. The van der Waals surface area contributed by atoms with Crippen LogP contribution in [0, 0.1) is 0 Å². The molecule has 9 nitrogen and oxygen atoms in total. The number of aliphatic hydroxyl groups is 2. The summed E-state index contributed by atoms with van der Waals surface area (Å²) in [5.41, 5.74) is 3.78. The first-order valence-electron chi connectivity index (χ1n) is 12.5. The molecule has 0 amide bonds. The number of aryl methyl sites for hydroxylation is 1. The number of ether oxygens (including phenoxy) is 3. The summed E-state index contributed by atoms with van der Waals surface area (Å²) >= 11 is 0. The van der Waals surface area contributed by atoms with Crippen molar-refractivity contribution in [3.05, 3.63) is 50.3 Å². The van der Waals surface area contributed by atoms with Crippen molar-refractivity contribution in [2.24, 2.45) is 0 Å². The molecule has 186 valence electrons. The lowest BCUT2D eigenvalue weighted by molar-refractivity contribution is -0.172. The molecule has 2 N–H and O–H groups in total. The predicted molar refractivity (Wildman–Crippen MR) is 128 cm³/mol. The first-order chi connectivity index (χ1) is 17.5. The zero-order valence-electron chi connectivity index (χ0n) is 19.9. The smallest absolute Gasteiger partial charge is 0.343 e. The van der Waals surface area contributed by atoms with Crippen LogP contribution in [0.4, 0.5) is 0 Å². The second-order valence-electron chi connectivity index (χ2n) is 10.0. The van der Waals surface area contributed by atoms with Gasteiger partial charge in [-0.25, -0.2) is 9.78 Å². The summed E-state index contributed by atoms with van der Waals surface area (Å²) in [4.78, 5) is 31.2. The van der Waals surface area contributed by atoms with E-state index >= 15 is 0 Å². The Morgan fingerprint density at radius 2 is 2.03 bits per heavy atom. The van der Waals surface area contributed by atoms with Gasteiger partial charge in [0, 0.05) is 34.7 Å². The number of hydrogen-bond donors (Lipinski definition) is 2. The highest BCUT2D eigenvalue weighted by Crippen LogP contribution is 2.51. The van der Waals surface area contributed by atoms with Crippen molar-refractivity contribution >= 4 is 16.9 Å². The van der Waals surface area contributed by atoms with Crippen LogP contribution in [0.3, 0.4) is 0 Å². The van der Waals surface area contributed by atoms with Gasteiger partial charge in [-0.3, -0.25) is 4.79 Å². The van der Waals surface area contributed by atoms with Crippen LogP contribution in [-0.2, 0) is 34.7 Å². The molecule has 2 aromatic heterocycles. The van der Waals surface area contributed by atoms with Crippen LogP contribution in [0.15, 0.2) is 16.9 Å². The summed E-state index contributed by atoms with van der Waals surface area (Å²) in [6.07, 6.45) is 3.35. The number of fused-ring (bicyclic) bond motifs is 7. The van der Waals surface area contributed by atoms with Crippen LogP contribution in [0.25, 0.3) is 22.3 Å². The Bertz CT molecular complexity index is 1540. The number of benzene rings is 1. The lowest BCUT2D eigenvalue weighted by Gasteiger charge is -2.31. The number of aliphatic hydroxyl groups excluding tert-OH is 1. The van der Waals surface area contributed by atoms with E-state index in [-0.39, 0.29) is 37.9 Å². The normalized spacial score (nSPS) is 22.9. The summed E-state index contributed by atoms with van der Waals surface area (Å²) in [7, 11) is 0. The molecule has 5 heterocycles. The van der Waals surface area contributed by atoms with Crippen LogP contribution in [0.5, 0.6) is 11.5 Å². The van der Waals surface area contributed by atoms with Gasteiger partial charge in [-0.05, 0) is 49.7 Å². The highest BCUT2D eigenvalue weighted by Gasteiger charge is 2.46. The van der Waals surface area contributed by atoms with Gasteiger partial charge in [0.2, 0.25) is 6.79 Å². The van der Waals surface area contributed by atoms with E-state index in [4.69, 9.17) is 19.2 Å². The average molecular weight is 491 g/mol. The summed E-state index contributed by atoms with van der Waals surface area (Å²) in [5.74, 6) is 0.927. The molecular formula is C27H26N2O7. The van der Waals surface area contributed by atoms with E-state index in [9.17, 15) is 19.8 Å². The SMILES string of the molecule is CC[C@@]1(O)C(=O)OCc2c1cc1n(c2=O)Cc2c-1nc1cc3c(c4c1c2C(CCCO)CC4)OCO3. The molecule has 0 fully saturated rings. The van der Waals surface area contributed by atoms with Crippen molar-refractivity contribution in [2.75, 3.05) is 13.4 Å². The van der Waals surface area contributed by atoms with Crippen molar-refractivity contribution in [2.45, 2.75) is 63.7 Å². The number of aromatic nitrogens is 2. The maximum absolute atomic E-state index is 13.6. The van der Waals surface area contributed by atoms with Crippen molar-refractivity contribution in [1.82, 2.24) is 9.55 Å². The summed E-state index contributed by atoms with van der Waals surface area (Å²) < 4.78 is 18.4. The van der Waals surface area contributed by atoms with Crippen molar-refractivity contribution < 1.29 is 29.2 Å². The monoisotopic (exact) mass is 490 g/mol. The molecular weight excluding hydrogens is 464 g/mol. The fraction of sp³-hybridized carbons (Fsp3) is 0.444. The number of nitrogens with zero attached hydrogens (tertiary/aromatic N) is 2. The van der Waals surface area contributed by atoms with Crippen molar-refractivity contribution in [3.8, 4) is 22.9 Å². The average Bonchev–Trinajstić information content (AvgIpc) is 3.51. The Labute approximate surface area is 206 Å². The predicted octanol–water partition coefficient (Wildman–Crippen LogP) is 2.61. The lowest BCUT2D eigenvalue weighted by atomic mass is 9.77. The van der Waals surface area contributed by atoms with Crippen molar-refractivity contribution in [1.29, 1.82) is 0 Å². The van der Waals surface area contributed by atoms with E-state index in [1.54, 1.807) is 17.6 Å². The number of hydrogen-bond acceptors (Lipinski definition) is 8. The molecule has 0 bridgehead atoms. The van der Waals surface area contributed by atoms with Crippen LogP contribution in [0.2, 0.25) is 0 Å². The minimum Gasteiger partial charge on any atom is -0.458 e. The zero-order chi connectivity index (χ0) is 24.8. The van der Waals surface area contributed by atoms with E-state index < -0.39 is 11.6 Å². The Kier molecular flexibility index (Phi) is 4.57. The van der Waals surface area contributed by atoms with Gasteiger partial charge in [0.15, 0.2) is 17.1 Å². The molecule has 1 aromatic carbocycles. The minimum absolute atomic E-state index is 0.0983. The molecule has 7 rings (SSSR count). The van der Waals surface area contributed by atoms with Gasteiger partial charge in [-0.15, -0.1) is 0 Å². The highest BCUT2D eigenvalue weighted by atomic mass is 16.7. The number of carbonyl (C=O) groups is 1. The van der Waals surface area contributed by atoms with E-state index in [1.165, 1.54) is 0 Å².